The van der Waals surface area contributed by atoms with Gasteiger partial charge in [-0.15, -0.1) is 0 Å². The van der Waals surface area contributed by atoms with Crippen molar-refractivity contribution in [3.8, 4) is 5.69 Å². The van der Waals surface area contributed by atoms with E-state index < -0.39 is 10.8 Å². The number of ether oxygens (including phenoxy) is 1. The average molecular weight is 434 g/mol. The third kappa shape index (κ3) is 4.35. The normalized spacial score (nSPS) is 11.0. The number of aryl methyl sites for hydroxylation is 1. The molecule has 4 aromatic rings. The first-order valence-electron chi connectivity index (χ1n) is 10.2. The number of anilines is 1. The number of hydrogen-bond donors (Lipinski definition) is 1. The van der Waals surface area contributed by atoms with E-state index in [0.717, 1.165) is 17.5 Å². The lowest BCUT2D eigenvalue weighted by molar-refractivity contribution is -0.384. The predicted molar refractivity (Wildman–Crippen MR) is 119 cm³/mol. The number of carbonyl (C=O) groups is 1. The number of benzene rings is 2. The second-order valence-electron chi connectivity index (χ2n) is 7.01. The second-order valence-corrected chi connectivity index (χ2v) is 7.01. The fourth-order valence-corrected chi connectivity index (χ4v) is 3.47. The highest BCUT2D eigenvalue weighted by Crippen LogP contribution is 2.25. The van der Waals surface area contributed by atoms with Crippen molar-refractivity contribution in [3.05, 3.63) is 76.9 Å². The quantitative estimate of drug-likeness (QED) is 0.243. The van der Waals surface area contributed by atoms with Crippen LogP contribution in [0.25, 0.3) is 16.7 Å². The van der Waals surface area contributed by atoms with E-state index in [9.17, 15) is 14.9 Å². The molecule has 0 spiro atoms. The maximum absolute atomic E-state index is 13.0. The van der Waals surface area contributed by atoms with Crippen molar-refractivity contribution < 1.29 is 14.5 Å². The SMILES string of the molecule is CCOCCCn1c(NC(=O)c2ccc(-n3ccnc3)c([N+](=O)[O-])c2)nc2ccccc21. The van der Waals surface area contributed by atoms with Gasteiger partial charge >= 0.3 is 0 Å². The van der Waals surface area contributed by atoms with Crippen LogP contribution in [0, 0.1) is 10.1 Å². The minimum absolute atomic E-state index is 0.161. The van der Waals surface area contributed by atoms with Gasteiger partial charge in [-0.05, 0) is 37.6 Å². The molecule has 164 valence electrons. The van der Waals surface area contributed by atoms with E-state index in [1.165, 1.54) is 29.2 Å². The standard InChI is InChI=1S/C22H22N6O4/c1-2-32-13-5-11-27-18-7-4-3-6-17(18)24-22(27)25-21(29)16-8-9-19(20(14-16)28(30)31)26-12-10-23-15-26/h3-4,6-10,12,14-15H,2,5,11,13H2,1H3,(H,24,25,29). The Balaban J connectivity index is 1.62. The molecular formula is C22H22N6O4. The van der Waals surface area contributed by atoms with Crippen LogP contribution in [0.1, 0.15) is 23.7 Å². The Kier molecular flexibility index (Phi) is 6.22. The van der Waals surface area contributed by atoms with Crippen molar-refractivity contribution in [1.82, 2.24) is 19.1 Å². The molecule has 4 rings (SSSR count). The number of carbonyl (C=O) groups excluding carboxylic acids is 1. The van der Waals surface area contributed by atoms with Crippen LogP contribution in [0.15, 0.2) is 61.2 Å². The van der Waals surface area contributed by atoms with Crippen molar-refractivity contribution in [2.75, 3.05) is 18.5 Å². The van der Waals surface area contributed by atoms with E-state index in [0.29, 0.717) is 31.4 Å². The molecule has 2 aromatic heterocycles. The lowest BCUT2D eigenvalue weighted by atomic mass is 10.1. The molecule has 0 aliphatic heterocycles. The van der Waals surface area contributed by atoms with Crippen LogP contribution in [0.2, 0.25) is 0 Å². The molecular weight excluding hydrogens is 412 g/mol. The van der Waals surface area contributed by atoms with Gasteiger partial charge < -0.3 is 13.9 Å². The Hall–Kier alpha value is -4.05. The van der Waals surface area contributed by atoms with Gasteiger partial charge in [0.05, 0.1) is 22.3 Å². The van der Waals surface area contributed by atoms with Gasteiger partial charge in [-0.1, -0.05) is 12.1 Å². The zero-order valence-corrected chi connectivity index (χ0v) is 17.5. The number of fused-ring (bicyclic) bond motifs is 1. The number of amides is 1. The summed E-state index contributed by atoms with van der Waals surface area (Å²) in [4.78, 5) is 32.5. The number of hydrogen-bond acceptors (Lipinski definition) is 6. The van der Waals surface area contributed by atoms with Gasteiger partial charge in [0, 0.05) is 43.8 Å². The van der Waals surface area contributed by atoms with E-state index in [-0.39, 0.29) is 11.3 Å². The van der Waals surface area contributed by atoms with E-state index in [4.69, 9.17) is 4.74 Å². The monoisotopic (exact) mass is 434 g/mol. The number of aromatic nitrogens is 4. The minimum atomic E-state index is -0.519. The van der Waals surface area contributed by atoms with Crippen LogP contribution >= 0.6 is 0 Å². The molecule has 1 amide bonds. The van der Waals surface area contributed by atoms with Crippen molar-refractivity contribution >= 4 is 28.6 Å². The topological polar surface area (TPSA) is 117 Å². The van der Waals surface area contributed by atoms with Gasteiger partial charge in [0.15, 0.2) is 0 Å². The minimum Gasteiger partial charge on any atom is -0.382 e. The summed E-state index contributed by atoms with van der Waals surface area (Å²) in [6.07, 6.45) is 5.35. The Bertz CT molecular complexity index is 1250. The third-order valence-corrected chi connectivity index (χ3v) is 4.97. The number of para-hydroxylation sites is 2. The van der Waals surface area contributed by atoms with Crippen LogP contribution in [-0.4, -0.2) is 43.1 Å². The molecule has 0 bridgehead atoms. The van der Waals surface area contributed by atoms with Gasteiger partial charge in [0.2, 0.25) is 5.95 Å². The van der Waals surface area contributed by atoms with E-state index in [2.05, 4.69) is 15.3 Å². The lowest BCUT2D eigenvalue weighted by Crippen LogP contribution is -2.17. The summed E-state index contributed by atoms with van der Waals surface area (Å²) < 4.78 is 8.86. The zero-order valence-electron chi connectivity index (χ0n) is 17.5. The fourth-order valence-electron chi connectivity index (χ4n) is 3.47. The van der Waals surface area contributed by atoms with Gasteiger partial charge in [0.1, 0.15) is 5.69 Å². The smallest absolute Gasteiger partial charge is 0.294 e. The molecule has 1 N–H and O–H groups in total. The first-order chi connectivity index (χ1) is 15.6. The number of nitrogens with zero attached hydrogens (tertiary/aromatic N) is 5. The van der Waals surface area contributed by atoms with Crippen LogP contribution < -0.4 is 5.32 Å². The van der Waals surface area contributed by atoms with Crippen molar-refractivity contribution in [1.29, 1.82) is 0 Å². The Morgan fingerprint density at radius 1 is 1.25 bits per heavy atom. The number of nitro groups is 1. The largest absolute Gasteiger partial charge is 0.382 e. The molecule has 10 heteroatoms. The number of imidazole rings is 2. The zero-order chi connectivity index (χ0) is 22.5. The molecule has 2 aromatic carbocycles. The maximum Gasteiger partial charge on any atom is 0.294 e. The maximum atomic E-state index is 13.0. The van der Waals surface area contributed by atoms with Crippen LogP contribution in [0.3, 0.4) is 0 Å². The van der Waals surface area contributed by atoms with Crippen molar-refractivity contribution in [3.63, 3.8) is 0 Å². The van der Waals surface area contributed by atoms with Gasteiger partial charge in [-0.25, -0.2) is 9.97 Å². The predicted octanol–water partition coefficient (Wildman–Crippen LogP) is 3.81. The van der Waals surface area contributed by atoms with Crippen LogP contribution in [-0.2, 0) is 11.3 Å². The van der Waals surface area contributed by atoms with Gasteiger partial charge in [-0.2, -0.15) is 0 Å². The molecule has 0 fully saturated rings. The summed E-state index contributed by atoms with van der Waals surface area (Å²) >= 11 is 0. The molecule has 0 atom stereocenters. The summed E-state index contributed by atoms with van der Waals surface area (Å²) in [6.45, 7) is 3.78. The summed E-state index contributed by atoms with van der Waals surface area (Å²) in [7, 11) is 0. The van der Waals surface area contributed by atoms with Crippen molar-refractivity contribution in [2.24, 2.45) is 0 Å². The molecule has 0 saturated carbocycles. The van der Waals surface area contributed by atoms with E-state index >= 15 is 0 Å². The summed E-state index contributed by atoms with van der Waals surface area (Å²) in [6, 6.07) is 11.9. The highest BCUT2D eigenvalue weighted by atomic mass is 16.6. The molecule has 10 nitrogen and oxygen atoms in total. The summed E-state index contributed by atoms with van der Waals surface area (Å²) in [5.41, 5.74) is 1.93. The molecule has 0 saturated heterocycles. The molecule has 32 heavy (non-hydrogen) atoms. The number of nitrogens with one attached hydrogen (secondary N) is 1. The fraction of sp³-hybridized carbons (Fsp3) is 0.227. The van der Waals surface area contributed by atoms with Gasteiger partial charge in [0.25, 0.3) is 11.6 Å². The first kappa shape index (κ1) is 21.2. The summed E-state index contributed by atoms with van der Waals surface area (Å²) in [5, 5.41) is 14.4. The Morgan fingerprint density at radius 2 is 2.09 bits per heavy atom. The molecule has 0 aliphatic carbocycles. The lowest BCUT2D eigenvalue weighted by Gasteiger charge is -2.11. The highest BCUT2D eigenvalue weighted by molar-refractivity contribution is 6.04. The van der Waals surface area contributed by atoms with Crippen LogP contribution in [0.4, 0.5) is 11.6 Å². The Morgan fingerprint density at radius 3 is 2.84 bits per heavy atom. The number of rotatable bonds is 9. The second kappa shape index (κ2) is 9.40. The average Bonchev–Trinajstić information content (AvgIpc) is 3.44. The van der Waals surface area contributed by atoms with Crippen molar-refractivity contribution in [2.45, 2.75) is 19.9 Å². The van der Waals surface area contributed by atoms with E-state index in [1.54, 1.807) is 12.3 Å². The Labute approximate surface area is 183 Å². The van der Waals surface area contributed by atoms with Crippen LogP contribution in [0.5, 0.6) is 0 Å². The highest BCUT2D eigenvalue weighted by Gasteiger charge is 2.20. The molecule has 2 heterocycles. The first-order valence-corrected chi connectivity index (χ1v) is 10.2. The van der Waals surface area contributed by atoms with E-state index in [1.807, 2.05) is 35.8 Å². The molecule has 0 aliphatic rings. The summed E-state index contributed by atoms with van der Waals surface area (Å²) in [5.74, 6) is -0.0966. The van der Waals surface area contributed by atoms with Gasteiger partial charge in [-0.3, -0.25) is 20.2 Å². The molecule has 0 unspecified atom stereocenters. The molecule has 0 radical (unpaired) electrons. The third-order valence-electron chi connectivity index (χ3n) is 4.97. The number of nitro benzene ring substituents is 1.